The fraction of sp³-hybridized carbons (Fsp3) is 0.354. The number of thiazole rings is 4. The summed E-state index contributed by atoms with van der Waals surface area (Å²) in [5, 5.41) is 40.6. The lowest BCUT2D eigenvalue weighted by Crippen LogP contribution is -2.49. The van der Waals surface area contributed by atoms with Crippen LogP contribution in [0.3, 0.4) is 0 Å². The van der Waals surface area contributed by atoms with Crippen molar-refractivity contribution in [2.24, 2.45) is 23.7 Å². The number of aromatic nitrogens is 4. The van der Waals surface area contributed by atoms with Crippen LogP contribution in [0.1, 0.15) is 137 Å². The van der Waals surface area contributed by atoms with Crippen LogP contribution in [0.2, 0.25) is 5.02 Å². The molecule has 0 bridgehead atoms. The van der Waals surface area contributed by atoms with Gasteiger partial charge in [0.2, 0.25) is 0 Å². The van der Waals surface area contributed by atoms with Crippen LogP contribution in [-0.2, 0) is 51.8 Å². The summed E-state index contributed by atoms with van der Waals surface area (Å²) in [7, 11) is 0. The number of unbranched alkanes of at least 4 members (excludes halogenated alkanes) is 3. The summed E-state index contributed by atoms with van der Waals surface area (Å²) in [6.07, 6.45) is 22.0. The lowest BCUT2D eigenvalue weighted by molar-refractivity contribution is -0.148. The minimum Gasteiger partial charge on any atom is -0.494 e. The number of nitrogens with zero attached hydrogens (tertiary/aromatic N) is 8. The number of benzene rings is 8. The lowest BCUT2D eigenvalue weighted by Gasteiger charge is -2.36. The molecule has 18 nitrogen and oxygen atoms in total. The Morgan fingerprint density at radius 1 is 0.418 bits per heavy atom. The summed E-state index contributed by atoms with van der Waals surface area (Å²) in [6, 6.07) is 63.8. The van der Waals surface area contributed by atoms with Crippen LogP contribution in [0.5, 0.6) is 11.5 Å². The van der Waals surface area contributed by atoms with Gasteiger partial charge in [0.05, 0.1) is 60.9 Å². The SMILES string of the molecule is CCCCCCc1ccc(-c2cnc(-c3ccc(CN4CC(C(=O)O)C4)cc3)s2)cc1.CCCOc1ccc(-c2cnc(-c3ccc(CN4CC(C(=O)O)C4)cc3)s2)cc1.Cc1cc(CN2CC(C(=O)O)C2)ccc1-c1ncc(-c2ccc(OC(C)C)c(Cl)c2)s1.O=C(O)C1CN(Cc2ccc(-c3ncc(-c4ccc(C5CCCCC5)cc4)s3)cc2)C1. The summed E-state index contributed by atoms with van der Waals surface area (Å²) in [4.78, 5) is 75.5. The van der Waals surface area contributed by atoms with Crippen molar-refractivity contribution in [1.29, 1.82) is 0 Å². The van der Waals surface area contributed by atoms with Gasteiger partial charge in [-0.3, -0.25) is 38.8 Å². The number of rotatable bonds is 31. The molecule has 5 fully saturated rings. The van der Waals surface area contributed by atoms with Crippen molar-refractivity contribution in [2.75, 3.05) is 59.0 Å². The molecule has 4 N–H and O–H groups in total. The summed E-state index contributed by atoms with van der Waals surface area (Å²) < 4.78 is 11.4. The minimum absolute atomic E-state index is 0.0731. The fourth-order valence-corrected chi connectivity index (χ4v) is 19.8. The number of carboxylic acids is 4. The number of aryl methyl sites for hydroxylation is 2. The highest BCUT2D eigenvalue weighted by Gasteiger charge is 2.36. The van der Waals surface area contributed by atoms with Gasteiger partial charge in [0.15, 0.2) is 0 Å². The number of carbonyl (C=O) groups is 4. The quantitative estimate of drug-likeness (QED) is 0.0296. The van der Waals surface area contributed by atoms with Crippen molar-refractivity contribution in [3.8, 4) is 95.5 Å². The number of carboxylic acid groups (broad SMARTS) is 4. The molecule has 0 spiro atoms. The standard InChI is InChI=1S/C26H28N2O2S.C26H30N2O2S.C24H25ClN2O3S.C23H24N2O3S/c29-26(30)23-16-28(17-23)15-18-6-8-22(9-7-18)25-27-14-24(31-25)21-12-10-20(11-13-21)19-4-2-1-3-5-19;1-2-3-4-5-6-19-7-11-21(12-8-19)24-15-27-25(31-24)22-13-9-20(10-14-22)16-28-17-23(18-28)26(29)30;1-14(2)30-21-7-5-17(9-20(21)25)22-10-26-23(31-22)19-6-4-16(8-15(19)3)11-27-12-18(13-27)24(28)29;1-2-11-28-20-9-7-17(8-10-20)21-12-24-22(29-21)18-5-3-16(4-6-18)13-25-14-19(15-25)23(26)27/h6-14,19,23H,1-5,15-17H2,(H,29,30);7-15,23H,2-6,16-18H2,1H3,(H,29,30);4-10,14,18H,11-13H2,1-3H3,(H,28,29);3-10,12,19H,2,11,13-15H2,1H3,(H,26,27). The zero-order valence-corrected chi connectivity index (χ0v) is 73.9. The highest BCUT2D eigenvalue weighted by atomic mass is 35.5. The van der Waals surface area contributed by atoms with Crippen LogP contribution < -0.4 is 9.47 Å². The van der Waals surface area contributed by atoms with Gasteiger partial charge in [0, 0.05) is 126 Å². The molecule has 4 aromatic heterocycles. The first-order chi connectivity index (χ1) is 59.2. The van der Waals surface area contributed by atoms with E-state index in [1.165, 1.54) is 112 Å². The molecule has 5 aliphatic rings. The fourth-order valence-electron chi connectivity index (χ4n) is 15.8. The van der Waals surface area contributed by atoms with Crippen LogP contribution in [0.4, 0.5) is 0 Å². The Morgan fingerprint density at radius 3 is 1.19 bits per heavy atom. The molecule has 1 saturated carbocycles. The average Bonchev–Trinajstić information content (AvgIpc) is 1.59. The number of ether oxygens (including phenoxy) is 2. The Morgan fingerprint density at radius 2 is 0.787 bits per heavy atom. The molecule has 4 aliphatic heterocycles. The smallest absolute Gasteiger partial charge is 0.309 e. The molecule has 0 amide bonds. The van der Waals surface area contributed by atoms with Crippen LogP contribution >= 0.6 is 56.9 Å². The van der Waals surface area contributed by atoms with E-state index in [1.54, 1.807) is 45.3 Å². The highest BCUT2D eigenvalue weighted by Crippen LogP contribution is 2.41. The van der Waals surface area contributed by atoms with Crippen molar-refractivity contribution in [3.63, 3.8) is 0 Å². The zero-order chi connectivity index (χ0) is 85.2. The van der Waals surface area contributed by atoms with Crippen LogP contribution in [0.15, 0.2) is 207 Å². The number of aliphatic carboxylic acids is 4. The van der Waals surface area contributed by atoms with Gasteiger partial charge in [0.1, 0.15) is 31.5 Å². The third kappa shape index (κ3) is 23.8. The van der Waals surface area contributed by atoms with E-state index in [-0.39, 0.29) is 29.8 Å². The van der Waals surface area contributed by atoms with Crippen LogP contribution in [0.25, 0.3) is 84.0 Å². The molecule has 17 rings (SSSR count). The summed E-state index contributed by atoms with van der Waals surface area (Å²) >= 11 is 13.2. The van der Waals surface area contributed by atoms with E-state index in [2.05, 4.69) is 212 Å². The van der Waals surface area contributed by atoms with Gasteiger partial charge >= 0.3 is 23.9 Å². The van der Waals surface area contributed by atoms with Crippen LogP contribution in [-0.4, -0.2) is 149 Å². The maximum atomic E-state index is 11.0. The van der Waals surface area contributed by atoms with E-state index in [4.69, 9.17) is 41.5 Å². The number of hydrogen-bond acceptors (Lipinski definition) is 18. The minimum atomic E-state index is -0.703. The second kappa shape index (κ2) is 42.3. The van der Waals surface area contributed by atoms with Gasteiger partial charge in [-0.1, -0.05) is 203 Å². The molecule has 12 aromatic rings. The molecule has 122 heavy (non-hydrogen) atoms. The maximum Gasteiger partial charge on any atom is 0.309 e. The number of halogens is 1. The molecular formula is C99H107ClN8O10S4. The third-order valence-electron chi connectivity index (χ3n) is 23.0. The van der Waals surface area contributed by atoms with E-state index in [1.807, 2.05) is 69.0 Å². The highest BCUT2D eigenvalue weighted by molar-refractivity contribution is 7.19. The van der Waals surface area contributed by atoms with Gasteiger partial charge in [-0.25, -0.2) is 19.9 Å². The molecule has 23 heteroatoms. The van der Waals surface area contributed by atoms with Gasteiger partial charge in [0.25, 0.3) is 0 Å². The molecule has 0 atom stereocenters. The first kappa shape index (κ1) is 88.2. The molecule has 634 valence electrons. The molecular weight excluding hydrogens is 1620 g/mol. The van der Waals surface area contributed by atoms with Gasteiger partial charge in [-0.2, -0.15) is 0 Å². The Balaban J connectivity index is 0.000000133. The summed E-state index contributed by atoms with van der Waals surface area (Å²) in [5.41, 5.74) is 17.9. The largest absolute Gasteiger partial charge is 0.494 e. The molecule has 4 saturated heterocycles. The number of hydrogen-bond donors (Lipinski definition) is 4. The van der Waals surface area contributed by atoms with Crippen molar-refractivity contribution in [1.82, 2.24) is 39.5 Å². The van der Waals surface area contributed by atoms with Crippen molar-refractivity contribution in [2.45, 2.75) is 143 Å². The topological polar surface area (TPSA) is 232 Å². The Labute approximate surface area is 736 Å². The normalized spacial score (nSPS) is 15.4. The molecule has 8 aromatic carbocycles. The van der Waals surface area contributed by atoms with Crippen LogP contribution in [0, 0.1) is 30.6 Å². The van der Waals surface area contributed by atoms with E-state index in [9.17, 15) is 19.2 Å². The number of likely N-dealkylation sites (tertiary alicyclic amines) is 4. The van der Waals surface area contributed by atoms with E-state index in [0.29, 0.717) is 63.1 Å². The van der Waals surface area contributed by atoms with E-state index >= 15 is 0 Å². The summed E-state index contributed by atoms with van der Waals surface area (Å²) in [5.74, 6) is -1.30. The summed E-state index contributed by atoms with van der Waals surface area (Å²) in [6.45, 7) is 19.4. The Bertz CT molecular complexity index is 5430. The monoisotopic (exact) mass is 1730 g/mol. The Hall–Kier alpha value is -10.1. The molecule has 1 aliphatic carbocycles. The van der Waals surface area contributed by atoms with E-state index in [0.717, 1.165) is 126 Å². The van der Waals surface area contributed by atoms with Gasteiger partial charge < -0.3 is 29.9 Å². The van der Waals surface area contributed by atoms with Crippen molar-refractivity contribution in [3.05, 3.63) is 251 Å². The third-order valence-corrected chi connectivity index (χ3v) is 27.7. The lowest BCUT2D eigenvalue weighted by atomic mass is 9.84. The van der Waals surface area contributed by atoms with Crippen molar-refractivity contribution >= 4 is 80.8 Å². The zero-order valence-electron chi connectivity index (χ0n) is 69.9. The maximum absolute atomic E-state index is 11.0. The second-order valence-electron chi connectivity index (χ2n) is 32.9. The van der Waals surface area contributed by atoms with Gasteiger partial charge in [-0.15, -0.1) is 45.3 Å². The average molecular weight is 1730 g/mol. The molecule has 8 heterocycles. The Kier molecular flexibility index (Phi) is 30.6. The van der Waals surface area contributed by atoms with E-state index < -0.39 is 23.9 Å². The second-order valence-corrected chi connectivity index (χ2v) is 37.5. The first-order valence-electron chi connectivity index (χ1n) is 42.6. The predicted octanol–water partition coefficient (Wildman–Crippen LogP) is 22.7. The van der Waals surface area contributed by atoms with Crippen molar-refractivity contribution < 1.29 is 49.1 Å². The van der Waals surface area contributed by atoms with Gasteiger partial charge in [-0.05, 0) is 162 Å². The molecule has 0 radical (unpaired) electrons. The first-order valence-corrected chi connectivity index (χ1v) is 46.3. The predicted molar refractivity (Wildman–Crippen MR) is 493 cm³/mol. The molecule has 0 unspecified atom stereocenters.